The number of aliphatic hydroxyl groups is 1. The lowest BCUT2D eigenvalue weighted by molar-refractivity contribution is 0.155. The Morgan fingerprint density at radius 2 is 1.88 bits per heavy atom. The first-order valence-electron chi connectivity index (χ1n) is 5.69. The molecular weight excluding hydrogens is 216 g/mol. The van der Waals surface area contributed by atoms with Crippen molar-refractivity contribution in [1.29, 1.82) is 0 Å². The van der Waals surface area contributed by atoms with Crippen LogP contribution in [0.3, 0.4) is 0 Å². The van der Waals surface area contributed by atoms with Crippen LogP contribution in [-0.2, 0) is 0 Å². The average Bonchev–Trinajstić information content (AvgIpc) is 2.28. The lowest BCUT2D eigenvalue weighted by atomic mass is 10.1. The molecule has 0 aromatic heterocycles. The molecule has 0 aliphatic heterocycles. The predicted octanol–water partition coefficient (Wildman–Crippen LogP) is 2.70. The summed E-state index contributed by atoms with van der Waals surface area (Å²) in [5.74, 6) is 1.00. The Bertz CT molecular complexity index is 506. The molecule has 0 radical (unpaired) electrons. The van der Waals surface area contributed by atoms with E-state index in [1.165, 1.54) is 0 Å². The maximum Gasteiger partial charge on any atom is 0.119 e. The minimum atomic E-state index is -0.348. The summed E-state index contributed by atoms with van der Waals surface area (Å²) in [6.07, 6.45) is 0.262. The van der Waals surface area contributed by atoms with Gasteiger partial charge in [0, 0.05) is 6.42 Å². The molecule has 17 heavy (non-hydrogen) atoms. The molecule has 90 valence electrons. The van der Waals surface area contributed by atoms with Crippen LogP contribution in [0.15, 0.2) is 36.4 Å². The van der Waals surface area contributed by atoms with E-state index >= 15 is 0 Å². The third kappa shape index (κ3) is 3.11. The summed E-state index contributed by atoms with van der Waals surface area (Å²) < 4.78 is 5.52. The quantitative estimate of drug-likeness (QED) is 0.852. The van der Waals surface area contributed by atoms with E-state index in [0.29, 0.717) is 13.0 Å². The van der Waals surface area contributed by atoms with Gasteiger partial charge in [0.25, 0.3) is 0 Å². The third-order valence-electron chi connectivity index (χ3n) is 2.60. The van der Waals surface area contributed by atoms with Crippen molar-refractivity contribution in [2.75, 3.05) is 6.61 Å². The number of hydrogen-bond donors (Lipinski definition) is 2. The molecule has 0 fully saturated rings. The second kappa shape index (κ2) is 5.06. The highest BCUT2D eigenvalue weighted by atomic mass is 16.5. The first-order valence-corrected chi connectivity index (χ1v) is 5.69. The second-order valence-corrected chi connectivity index (χ2v) is 4.18. The highest BCUT2D eigenvalue weighted by molar-refractivity contribution is 5.85. The number of benzene rings is 2. The van der Waals surface area contributed by atoms with Crippen LogP contribution in [0.2, 0.25) is 0 Å². The number of aliphatic hydroxyl groups excluding tert-OH is 1. The van der Waals surface area contributed by atoms with Gasteiger partial charge < -0.3 is 14.9 Å². The van der Waals surface area contributed by atoms with Gasteiger partial charge in [0.05, 0.1) is 12.7 Å². The molecule has 1 unspecified atom stereocenters. The van der Waals surface area contributed by atoms with Crippen LogP contribution in [0.1, 0.15) is 13.3 Å². The maximum absolute atomic E-state index is 9.40. The number of ether oxygens (including phenoxy) is 1. The van der Waals surface area contributed by atoms with Gasteiger partial charge in [-0.25, -0.2) is 0 Å². The van der Waals surface area contributed by atoms with Crippen LogP contribution < -0.4 is 4.74 Å². The van der Waals surface area contributed by atoms with Crippen LogP contribution in [0, 0.1) is 0 Å². The molecule has 0 bridgehead atoms. The lowest BCUT2D eigenvalue weighted by Gasteiger charge is -2.08. The smallest absolute Gasteiger partial charge is 0.119 e. The van der Waals surface area contributed by atoms with E-state index in [-0.39, 0.29) is 11.9 Å². The number of hydrogen-bond acceptors (Lipinski definition) is 3. The Morgan fingerprint density at radius 3 is 2.65 bits per heavy atom. The fourth-order valence-corrected chi connectivity index (χ4v) is 1.65. The van der Waals surface area contributed by atoms with E-state index in [4.69, 9.17) is 9.84 Å². The summed E-state index contributed by atoms with van der Waals surface area (Å²) in [7, 11) is 0. The minimum Gasteiger partial charge on any atom is -0.508 e. The Hall–Kier alpha value is -1.74. The molecule has 0 heterocycles. The summed E-state index contributed by atoms with van der Waals surface area (Å²) in [5, 5.41) is 20.5. The Kier molecular flexibility index (Phi) is 3.49. The van der Waals surface area contributed by atoms with Gasteiger partial charge in [-0.15, -0.1) is 0 Å². The number of aromatic hydroxyl groups is 1. The number of phenolic OH excluding ortho intramolecular Hbond substituents is 1. The zero-order chi connectivity index (χ0) is 12.3. The SMILES string of the molecule is CC(O)CCOc1ccc2ccc(O)cc2c1. The molecule has 0 saturated heterocycles. The molecule has 0 spiro atoms. The van der Waals surface area contributed by atoms with Crippen LogP contribution in [0.5, 0.6) is 11.5 Å². The average molecular weight is 232 g/mol. The third-order valence-corrected chi connectivity index (χ3v) is 2.60. The minimum absolute atomic E-state index is 0.249. The molecule has 3 heteroatoms. The van der Waals surface area contributed by atoms with Crippen molar-refractivity contribution in [2.45, 2.75) is 19.4 Å². The molecule has 2 N–H and O–H groups in total. The first kappa shape index (κ1) is 11.7. The predicted molar refractivity (Wildman–Crippen MR) is 67.4 cm³/mol. The summed E-state index contributed by atoms with van der Waals surface area (Å²) in [6.45, 7) is 2.23. The van der Waals surface area contributed by atoms with E-state index in [1.54, 1.807) is 19.1 Å². The molecule has 0 aliphatic rings. The van der Waals surface area contributed by atoms with Crippen molar-refractivity contribution in [2.24, 2.45) is 0 Å². The van der Waals surface area contributed by atoms with Crippen molar-refractivity contribution >= 4 is 10.8 Å². The first-order chi connectivity index (χ1) is 8.15. The molecule has 2 aromatic rings. The summed E-state index contributed by atoms with van der Waals surface area (Å²) >= 11 is 0. The fraction of sp³-hybridized carbons (Fsp3) is 0.286. The second-order valence-electron chi connectivity index (χ2n) is 4.18. The van der Waals surface area contributed by atoms with E-state index in [1.807, 2.05) is 24.3 Å². The van der Waals surface area contributed by atoms with Crippen molar-refractivity contribution in [3.05, 3.63) is 36.4 Å². The van der Waals surface area contributed by atoms with Gasteiger partial charge in [-0.2, -0.15) is 0 Å². The summed E-state index contributed by atoms with van der Waals surface area (Å²) in [5.41, 5.74) is 0. The van der Waals surface area contributed by atoms with Gasteiger partial charge >= 0.3 is 0 Å². The highest BCUT2D eigenvalue weighted by Gasteiger charge is 2.00. The zero-order valence-corrected chi connectivity index (χ0v) is 9.76. The van der Waals surface area contributed by atoms with Gasteiger partial charge in [-0.1, -0.05) is 12.1 Å². The maximum atomic E-state index is 9.40. The van der Waals surface area contributed by atoms with Gasteiger partial charge in [0.2, 0.25) is 0 Å². The molecular formula is C14H16O3. The standard InChI is InChI=1S/C14H16O3/c1-10(15)6-7-17-14-5-3-11-2-4-13(16)8-12(11)9-14/h2-5,8-10,15-16H,6-7H2,1H3. The van der Waals surface area contributed by atoms with Crippen LogP contribution in [0.25, 0.3) is 10.8 Å². The van der Waals surface area contributed by atoms with E-state index in [9.17, 15) is 5.11 Å². The zero-order valence-electron chi connectivity index (χ0n) is 9.76. The highest BCUT2D eigenvalue weighted by Crippen LogP contribution is 2.24. The van der Waals surface area contributed by atoms with Gasteiger partial charge in [0.1, 0.15) is 11.5 Å². The molecule has 3 nitrogen and oxygen atoms in total. The van der Waals surface area contributed by atoms with Gasteiger partial charge in [-0.3, -0.25) is 0 Å². The van der Waals surface area contributed by atoms with Crippen LogP contribution in [-0.4, -0.2) is 22.9 Å². The fourth-order valence-electron chi connectivity index (χ4n) is 1.65. The number of rotatable bonds is 4. The Balaban J connectivity index is 2.13. The van der Waals surface area contributed by atoms with Crippen LogP contribution in [0.4, 0.5) is 0 Å². The molecule has 2 aromatic carbocycles. The normalized spacial score (nSPS) is 12.6. The molecule has 0 amide bonds. The number of phenols is 1. The lowest BCUT2D eigenvalue weighted by Crippen LogP contribution is -2.07. The molecule has 0 saturated carbocycles. The van der Waals surface area contributed by atoms with E-state index in [2.05, 4.69) is 0 Å². The summed E-state index contributed by atoms with van der Waals surface area (Å²) in [4.78, 5) is 0. The van der Waals surface area contributed by atoms with E-state index in [0.717, 1.165) is 16.5 Å². The molecule has 0 aliphatic carbocycles. The summed E-state index contributed by atoms with van der Waals surface area (Å²) in [6, 6.07) is 11.0. The Labute approximate surface area is 100 Å². The van der Waals surface area contributed by atoms with Crippen molar-refractivity contribution < 1.29 is 14.9 Å². The number of fused-ring (bicyclic) bond motifs is 1. The Morgan fingerprint density at radius 1 is 1.12 bits per heavy atom. The van der Waals surface area contributed by atoms with Crippen molar-refractivity contribution in [1.82, 2.24) is 0 Å². The van der Waals surface area contributed by atoms with Gasteiger partial charge in [0.15, 0.2) is 0 Å². The van der Waals surface area contributed by atoms with Crippen molar-refractivity contribution in [3.8, 4) is 11.5 Å². The van der Waals surface area contributed by atoms with Crippen LogP contribution >= 0.6 is 0 Å². The molecule has 1 atom stereocenters. The molecule has 2 rings (SSSR count). The topological polar surface area (TPSA) is 49.7 Å². The monoisotopic (exact) mass is 232 g/mol. The van der Waals surface area contributed by atoms with E-state index < -0.39 is 0 Å². The van der Waals surface area contributed by atoms with Gasteiger partial charge in [-0.05, 0) is 42.0 Å². The van der Waals surface area contributed by atoms with Crippen molar-refractivity contribution in [3.63, 3.8) is 0 Å². The largest absolute Gasteiger partial charge is 0.508 e.